The number of carbonyl (C=O) groups is 2. The van der Waals surface area contributed by atoms with E-state index in [1.807, 2.05) is 0 Å². The third-order valence-electron chi connectivity index (χ3n) is 2.86. The third kappa shape index (κ3) is 5.73. The fraction of sp³-hybridized carbons (Fsp3) is 0.833. The van der Waals surface area contributed by atoms with E-state index in [-0.39, 0.29) is 5.92 Å². The van der Waals surface area contributed by atoms with Crippen molar-refractivity contribution in [2.45, 2.75) is 52.4 Å². The van der Waals surface area contributed by atoms with Crippen molar-refractivity contribution < 1.29 is 19.8 Å². The molecule has 0 heterocycles. The first-order valence-corrected chi connectivity index (χ1v) is 5.96. The molecule has 0 saturated heterocycles. The summed E-state index contributed by atoms with van der Waals surface area (Å²) in [6.45, 7) is 3.83. The van der Waals surface area contributed by atoms with Crippen LogP contribution < -0.4 is 0 Å². The molecule has 0 radical (unpaired) electrons. The summed E-state index contributed by atoms with van der Waals surface area (Å²) in [7, 11) is 0. The quantitative estimate of drug-likeness (QED) is 0.472. The lowest BCUT2D eigenvalue weighted by Gasteiger charge is -2.15. The minimum absolute atomic E-state index is 0.295. The van der Waals surface area contributed by atoms with E-state index in [0.717, 1.165) is 19.3 Å². The maximum Gasteiger partial charge on any atom is 0.318 e. The molecular weight excluding hydrogens is 208 g/mol. The van der Waals surface area contributed by atoms with Gasteiger partial charge < -0.3 is 10.2 Å². The van der Waals surface area contributed by atoms with Gasteiger partial charge in [0, 0.05) is 0 Å². The van der Waals surface area contributed by atoms with Crippen molar-refractivity contribution in [2.75, 3.05) is 0 Å². The van der Waals surface area contributed by atoms with Gasteiger partial charge in [0.15, 0.2) is 5.92 Å². The summed E-state index contributed by atoms with van der Waals surface area (Å²) < 4.78 is 0. The highest BCUT2D eigenvalue weighted by molar-refractivity contribution is 5.93. The van der Waals surface area contributed by atoms with Crippen LogP contribution in [-0.2, 0) is 9.59 Å². The van der Waals surface area contributed by atoms with E-state index in [1.54, 1.807) is 6.92 Å². The van der Waals surface area contributed by atoms with Crippen molar-refractivity contribution in [1.29, 1.82) is 0 Å². The van der Waals surface area contributed by atoms with E-state index in [9.17, 15) is 9.59 Å². The molecule has 0 aromatic heterocycles. The van der Waals surface area contributed by atoms with Crippen molar-refractivity contribution >= 4 is 11.9 Å². The standard InChI is InChI=1S/C12H22O4/c1-3-4-5-6-7-8-9(2)10(11(13)14)12(15)16/h9-10H,3-8H2,1-2H3,(H,13,14)(H,15,16)/t9-/m0/s1. The van der Waals surface area contributed by atoms with Crippen molar-refractivity contribution in [2.24, 2.45) is 11.8 Å². The second-order valence-corrected chi connectivity index (χ2v) is 4.33. The Balaban J connectivity index is 3.88. The Morgan fingerprint density at radius 1 is 1.00 bits per heavy atom. The SMILES string of the molecule is CCCCCCC[C@H](C)C(C(=O)O)C(=O)O. The van der Waals surface area contributed by atoms with Gasteiger partial charge in [-0.15, -0.1) is 0 Å². The highest BCUT2D eigenvalue weighted by Crippen LogP contribution is 2.20. The zero-order chi connectivity index (χ0) is 12.6. The second-order valence-electron chi connectivity index (χ2n) is 4.33. The Hall–Kier alpha value is -1.06. The van der Waals surface area contributed by atoms with Crippen LogP contribution in [0, 0.1) is 11.8 Å². The summed E-state index contributed by atoms with van der Waals surface area (Å²) in [5.41, 5.74) is 0. The van der Waals surface area contributed by atoms with Crippen LogP contribution in [0.1, 0.15) is 52.4 Å². The van der Waals surface area contributed by atoms with E-state index in [1.165, 1.54) is 12.8 Å². The summed E-state index contributed by atoms with van der Waals surface area (Å²) in [6, 6.07) is 0. The van der Waals surface area contributed by atoms with Gasteiger partial charge in [-0.25, -0.2) is 0 Å². The summed E-state index contributed by atoms with van der Waals surface area (Å²) >= 11 is 0. The molecule has 0 amide bonds. The van der Waals surface area contributed by atoms with E-state index in [2.05, 4.69) is 6.92 Å². The molecule has 0 aliphatic heterocycles. The smallest absolute Gasteiger partial charge is 0.318 e. The lowest BCUT2D eigenvalue weighted by Crippen LogP contribution is -2.29. The highest BCUT2D eigenvalue weighted by Gasteiger charge is 2.31. The number of carboxylic acids is 2. The molecule has 0 aliphatic rings. The molecule has 2 N–H and O–H groups in total. The van der Waals surface area contributed by atoms with Crippen LogP contribution in [0.25, 0.3) is 0 Å². The van der Waals surface area contributed by atoms with Crippen LogP contribution in [0.2, 0.25) is 0 Å². The van der Waals surface area contributed by atoms with E-state index >= 15 is 0 Å². The first-order valence-electron chi connectivity index (χ1n) is 5.96. The van der Waals surface area contributed by atoms with Crippen molar-refractivity contribution in [1.82, 2.24) is 0 Å². The lowest BCUT2D eigenvalue weighted by atomic mass is 9.89. The molecule has 0 fully saturated rings. The van der Waals surface area contributed by atoms with Gasteiger partial charge >= 0.3 is 11.9 Å². The van der Waals surface area contributed by atoms with Gasteiger partial charge in [0.25, 0.3) is 0 Å². The van der Waals surface area contributed by atoms with Gasteiger partial charge in [-0.1, -0.05) is 46.0 Å². The van der Waals surface area contributed by atoms with Crippen molar-refractivity contribution in [3.05, 3.63) is 0 Å². The first kappa shape index (κ1) is 14.9. The molecule has 0 aromatic rings. The molecule has 0 aliphatic carbocycles. The topological polar surface area (TPSA) is 74.6 Å². The Morgan fingerprint density at radius 2 is 1.50 bits per heavy atom. The molecular formula is C12H22O4. The maximum atomic E-state index is 10.7. The number of hydrogen-bond donors (Lipinski definition) is 2. The number of hydrogen-bond acceptors (Lipinski definition) is 2. The maximum absolute atomic E-state index is 10.7. The number of carboxylic acid groups (broad SMARTS) is 2. The average Bonchev–Trinajstić information content (AvgIpc) is 2.16. The van der Waals surface area contributed by atoms with Gasteiger partial charge in [0.2, 0.25) is 0 Å². The number of rotatable bonds is 9. The normalized spacial score (nSPS) is 12.7. The van der Waals surface area contributed by atoms with E-state index in [4.69, 9.17) is 10.2 Å². The summed E-state index contributed by atoms with van der Waals surface area (Å²) in [5, 5.41) is 17.5. The van der Waals surface area contributed by atoms with E-state index < -0.39 is 17.9 Å². The van der Waals surface area contributed by atoms with Crippen LogP contribution in [-0.4, -0.2) is 22.2 Å². The molecule has 0 saturated carbocycles. The highest BCUT2D eigenvalue weighted by atomic mass is 16.4. The fourth-order valence-electron chi connectivity index (χ4n) is 1.83. The molecule has 4 heteroatoms. The zero-order valence-electron chi connectivity index (χ0n) is 10.1. The van der Waals surface area contributed by atoms with E-state index in [0.29, 0.717) is 6.42 Å². The fourth-order valence-corrected chi connectivity index (χ4v) is 1.83. The van der Waals surface area contributed by atoms with Crippen molar-refractivity contribution in [3.63, 3.8) is 0 Å². The van der Waals surface area contributed by atoms with Gasteiger partial charge in [0.1, 0.15) is 0 Å². The Labute approximate surface area is 96.7 Å². The Kier molecular flexibility index (Phi) is 7.60. The zero-order valence-corrected chi connectivity index (χ0v) is 10.1. The first-order chi connectivity index (χ1) is 7.50. The molecule has 0 rings (SSSR count). The third-order valence-corrected chi connectivity index (χ3v) is 2.86. The molecule has 94 valence electrons. The van der Waals surface area contributed by atoms with Gasteiger partial charge in [-0.05, 0) is 12.3 Å². The number of aliphatic carboxylic acids is 2. The molecule has 0 spiro atoms. The van der Waals surface area contributed by atoms with Crippen molar-refractivity contribution in [3.8, 4) is 0 Å². The van der Waals surface area contributed by atoms with Gasteiger partial charge in [0.05, 0.1) is 0 Å². The average molecular weight is 230 g/mol. The van der Waals surface area contributed by atoms with Crippen LogP contribution >= 0.6 is 0 Å². The molecule has 0 unspecified atom stereocenters. The molecule has 1 atom stereocenters. The minimum atomic E-state index is -1.26. The second kappa shape index (κ2) is 8.13. The van der Waals surface area contributed by atoms with Crippen LogP contribution in [0.15, 0.2) is 0 Å². The van der Waals surface area contributed by atoms with Crippen LogP contribution in [0.3, 0.4) is 0 Å². The lowest BCUT2D eigenvalue weighted by molar-refractivity contribution is -0.157. The van der Waals surface area contributed by atoms with Crippen LogP contribution in [0.5, 0.6) is 0 Å². The van der Waals surface area contributed by atoms with Gasteiger partial charge in [-0.3, -0.25) is 9.59 Å². The monoisotopic (exact) mass is 230 g/mol. The predicted molar refractivity (Wildman–Crippen MR) is 61.3 cm³/mol. The molecule has 16 heavy (non-hydrogen) atoms. The Morgan fingerprint density at radius 3 is 1.94 bits per heavy atom. The van der Waals surface area contributed by atoms with Gasteiger partial charge in [-0.2, -0.15) is 0 Å². The number of unbranched alkanes of at least 4 members (excludes halogenated alkanes) is 4. The van der Waals surface area contributed by atoms with Crippen LogP contribution in [0.4, 0.5) is 0 Å². The molecule has 0 aromatic carbocycles. The Bertz CT molecular complexity index is 211. The summed E-state index contributed by atoms with van der Waals surface area (Å²) in [6.07, 6.45) is 6.15. The predicted octanol–water partition coefficient (Wildman–Crippen LogP) is 2.77. The molecule has 0 bridgehead atoms. The summed E-state index contributed by atoms with van der Waals surface area (Å²) in [5.74, 6) is -4.01. The molecule has 4 nitrogen and oxygen atoms in total. The minimum Gasteiger partial charge on any atom is -0.481 e. The largest absolute Gasteiger partial charge is 0.481 e. The summed E-state index contributed by atoms with van der Waals surface area (Å²) in [4.78, 5) is 21.5.